The number of nitrogens with one attached hydrogen (secondary N) is 1. The molecule has 0 unspecified atom stereocenters. The van der Waals surface area contributed by atoms with Crippen LogP contribution in [-0.2, 0) is 6.18 Å². The third-order valence-corrected chi connectivity index (χ3v) is 5.60. The van der Waals surface area contributed by atoms with Gasteiger partial charge in [0.1, 0.15) is 5.82 Å². The minimum Gasteiger partial charge on any atom is -0.360 e. The molecule has 1 aliphatic carbocycles. The van der Waals surface area contributed by atoms with Gasteiger partial charge < -0.3 is 15.1 Å². The topological polar surface area (TPSA) is 31.4 Å². The lowest BCUT2D eigenvalue weighted by Crippen LogP contribution is -2.53. The minimum absolute atomic E-state index is 0.0242. The van der Waals surface area contributed by atoms with E-state index in [-0.39, 0.29) is 5.02 Å². The van der Waals surface area contributed by atoms with E-state index in [9.17, 15) is 13.2 Å². The van der Waals surface area contributed by atoms with Crippen LogP contribution in [0.25, 0.3) is 0 Å². The SMILES string of the molecule is FC(F)(F)c1cnc(N2CCN(C(=S)NC3CCCCC3)CC2)c(Cl)c1. The molecule has 0 aromatic carbocycles. The van der Waals surface area contributed by atoms with Gasteiger partial charge in [-0.15, -0.1) is 0 Å². The number of hydrogen-bond acceptors (Lipinski definition) is 3. The molecule has 0 bridgehead atoms. The maximum atomic E-state index is 12.7. The van der Waals surface area contributed by atoms with E-state index in [0.29, 0.717) is 38.0 Å². The predicted molar refractivity (Wildman–Crippen MR) is 101 cm³/mol. The van der Waals surface area contributed by atoms with Gasteiger partial charge in [-0.05, 0) is 31.1 Å². The number of rotatable bonds is 2. The third kappa shape index (κ3) is 4.71. The molecular formula is C17H22ClF3N4S. The molecule has 0 radical (unpaired) electrons. The average Bonchev–Trinajstić information content (AvgIpc) is 2.62. The van der Waals surface area contributed by atoms with Crippen LogP contribution < -0.4 is 10.2 Å². The Morgan fingerprint density at radius 3 is 2.38 bits per heavy atom. The zero-order valence-electron chi connectivity index (χ0n) is 14.4. The second kappa shape index (κ2) is 8.17. The van der Waals surface area contributed by atoms with E-state index in [1.807, 2.05) is 4.90 Å². The van der Waals surface area contributed by atoms with Gasteiger partial charge in [0.05, 0.1) is 10.6 Å². The summed E-state index contributed by atoms with van der Waals surface area (Å²) >= 11 is 11.6. The third-order valence-electron chi connectivity index (χ3n) is 4.95. The van der Waals surface area contributed by atoms with E-state index in [4.69, 9.17) is 23.8 Å². The molecule has 1 aliphatic heterocycles. The van der Waals surface area contributed by atoms with Crippen LogP contribution in [-0.4, -0.2) is 47.2 Å². The Morgan fingerprint density at radius 1 is 1.15 bits per heavy atom. The summed E-state index contributed by atoms with van der Waals surface area (Å²) in [5.41, 5.74) is -0.831. The molecule has 2 heterocycles. The van der Waals surface area contributed by atoms with Gasteiger partial charge in [0, 0.05) is 38.4 Å². The van der Waals surface area contributed by atoms with Crippen LogP contribution in [0.15, 0.2) is 12.3 Å². The first-order chi connectivity index (χ1) is 12.3. The van der Waals surface area contributed by atoms with Gasteiger partial charge in [-0.3, -0.25) is 0 Å². The van der Waals surface area contributed by atoms with Gasteiger partial charge in [-0.25, -0.2) is 4.98 Å². The van der Waals surface area contributed by atoms with Gasteiger partial charge in [0.25, 0.3) is 0 Å². The number of piperazine rings is 1. The lowest BCUT2D eigenvalue weighted by molar-refractivity contribution is -0.137. The molecule has 2 aliphatic rings. The summed E-state index contributed by atoms with van der Waals surface area (Å²) < 4.78 is 38.2. The number of hydrogen-bond donors (Lipinski definition) is 1. The van der Waals surface area contributed by atoms with E-state index in [0.717, 1.165) is 30.2 Å². The maximum absolute atomic E-state index is 12.7. The second-order valence-corrected chi connectivity index (χ2v) is 7.58. The molecule has 0 spiro atoms. The smallest absolute Gasteiger partial charge is 0.360 e. The van der Waals surface area contributed by atoms with Crippen molar-refractivity contribution in [3.8, 4) is 0 Å². The highest BCUT2D eigenvalue weighted by Gasteiger charge is 2.32. The molecule has 1 N–H and O–H groups in total. The molecule has 2 fully saturated rings. The van der Waals surface area contributed by atoms with Gasteiger partial charge in [-0.2, -0.15) is 13.2 Å². The summed E-state index contributed by atoms with van der Waals surface area (Å²) in [6.07, 6.45) is 2.49. The monoisotopic (exact) mass is 406 g/mol. The summed E-state index contributed by atoms with van der Waals surface area (Å²) in [6, 6.07) is 1.39. The van der Waals surface area contributed by atoms with Crippen LogP contribution in [0.5, 0.6) is 0 Å². The average molecular weight is 407 g/mol. The summed E-state index contributed by atoms with van der Waals surface area (Å²) in [5.74, 6) is 0.394. The Kier molecular flexibility index (Phi) is 6.12. The highest BCUT2D eigenvalue weighted by atomic mass is 35.5. The molecule has 0 amide bonds. The molecule has 4 nitrogen and oxygen atoms in total. The van der Waals surface area contributed by atoms with Crippen LogP contribution in [0.2, 0.25) is 5.02 Å². The zero-order valence-corrected chi connectivity index (χ0v) is 15.9. The lowest BCUT2D eigenvalue weighted by Gasteiger charge is -2.38. The van der Waals surface area contributed by atoms with Crippen LogP contribution in [0.1, 0.15) is 37.7 Å². The van der Waals surface area contributed by atoms with Gasteiger partial charge in [-0.1, -0.05) is 30.9 Å². The molecule has 1 saturated heterocycles. The van der Waals surface area contributed by atoms with Crippen molar-refractivity contribution in [1.29, 1.82) is 0 Å². The Morgan fingerprint density at radius 2 is 1.81 bits per heavy atom. The van der Waals surface area contributed by atoms with E-state index in [2.05, 4.69) is 15.2 Å². The van der Waals surface area contributed by atoms with Crippen LogP contribution in [0.4, 0.5) is 19.0 Å². The summed E-state index contributed by atoms with van der Waals surface area (Å²) in [4.78, 5) is 7.95. The van der Waals surface area contributed by atoms with Gasteiger partial charge in [0.2, 0.25) is 0 Å². The van der Waals surface area contributed by atoms with Crippen LogP contribution >= 0.6 is 23.8 Å². The second-order valence-electron chi connectivity index (χ2n) is 6.79. The standard InChI is InChI=1S/C17H22ClF3N4S/c18-14-10-12(17(19,20)21)11-22-15(14)24-6-8-25(9-7-24)16(26)23-13-4-2-1-3-5-13/h10-11,13H,1-9H2,(H,23,26). The Hall–Kier alpha value is -1.28. The molecule has 26 heavy (non-hydrogen) atoms. The highest BCUT2D eigenvalue weighted by molar-refractivity contribution is 7.80. The molecule has 1 aromatic heterocycles. The quantitative estimate of drug-likeness (QED) is 0.748. The Labute approximate surface area is 161 Å². The molecule has 144 valence electrons. The number of pyridine rings is 1. The number of alkyl halides is 3. The van der Waals surface area contributed by atoms with Crippen molar-refractivity contribution in [2.45, 2.75) is 44.3 Å². The maximum Gasteiger partial charge on any atom is 0.417 e. The number of thiocarbonyl (C=S) groups is 1. The van der Waals surface area contributed by atoms with Crippen molar-refractivity contribution in [2.75, 3.05) is 31.1 Å². The first-order valence-electron chi connectivity index (χ1n) is 8.88. The van der Waals surface area contributed by atoms with Crippen molar-refractivity contribution in [1.82, 2.24) is 15.2 Å². The van der Waals surface area contributed by atoms with E-state index < -0.39 is 11.7 Å². The summed E-state index contributed by atoms with van der Waals surface area (Å²) in [6.45, 7) is 2.62. The largest absolute Gasteiger partial charge is 0.417 e. The fraction of sp³-hybridized carbons (Fsp3) is 0.647. The number of nitrogens with zero attached hydrogens (tertiary/aromatic N) is 3. The molecular weight excluding hydrogens is 385 g/mol. The van der Waals surface area contributed by atoms with Crippen molar-refractivity contribution >= 4 is 34.7 Å². The first-order valence-corrected chi connectivity index (χ1v) is 9.66. The fourth-order valence-corrected chi connectivity index (χ4v) is 4.09. The van der Waals surface area contributed by atoms with Gasteiger partial charge in [0.15, 0.2) is 5.11 Å². The Bertz CT molecular complexity index is 641. The summed E-state index contributed by atoms with van der Waals surface area (Å²) in [7, 11) is 0. The first kappa shape index (κ1) is 19.5. The molecule has 1 saturated carbocycles. The van der Waals surface area contributed by atoms with Crippen molar-refractivity contribution in [2.24, 2.45) is 0 Å². The normalized spacial score (nSPS) is 19.5. The molecule has 9 heteroatoms. The fourth-order valence-electron chi connectivity index (χ4n) is 3.45. The van der Waals surface area contributed by atoms with E-state index in [1.54, 1.807) is 0 Å². The number of aromatic nitrogens is 1. The van der Waals surface area contributed by atoms with E-state index in [1.165, 1.54) is 19.3 Å². The molecule has 3 rings (SSSR count). The minimum atomic E-state index is -4.44. The molecule has 0 atom stereocenters. The number of anilines is 1. The zero-order chi connectivity index (χ0) is 18.7. The van der Waals surface area contributed by atoms with E-state index >= 15 is 0 Å². The Balaban J connectivity index is 1.55. The van der Waals surface area contributed by atoms with Crippen LogP contribution in [0.3, 0.4) is 0 Å². The van der Waals surface area contributed by atoms with Crippen molar-refractivity contribution in [3.63, 3.8) is 0 Å². The summed E-state index contributed by atoms with van der Waals surface area (Å²) in [5, 5.41) is 4.24. The molecule has 1 aromatic rings. The number of halogens is 4. The van der Waals surface area contributed by atoms with Crippen molar-refractivity contribution < 1.29 is 13.2 Å². The predicted octanol–water partition coefficient (Wildman–Crippen LogP) is 4.08. The lowest BCUT2D eigenvalue weighted by atomic mass is 9.96. The van der Waals surface area contributed by atoms with Crippen molar-refractivity contribution in [3.05, 3.63) is 22.8 Å². The highest BCUT2D eigenvalue weighted by Crippen LogP contribution is 2.33. The van der Waals surface area contributed by atoms with Crippen LogP contribution in [0, 0.1) is 0 Å². The van der Waals surface area contributed by atoms with Gasteiger partial charge >= 0.3 is 6.18 Å².